The van der Waals surface area contributed by atoms with Gasteiger partial charge in [0, 0.05) is 35.6 Å². The lowest BCUT2D eigenvalue weighted by molar-refractivity contribution is 0.0882. The normalized spacial score (nSPS) is 17.1. The van der Waals surface area contributed by atoms with E-state index in [1.807, 2.05) is 0 Å². The van der Waals surface area contributed by atoms with Crippen LogP contribution in [-0.2, 0) is 0 Å². The maximum Gasteiger partial charge on any atom is 0.251 e. The fourth-order valence-corrected chi connectivity index (χ4v) is 4.08. The van der Waals surface area contributed by atoms with E-state index in [2.05, 4.69) is 25.9 Å². The fraction of sp³-hybridized carbons (Fsp3) is 0.269. The van der Waals surface area contributed by atoms with Crippen molar-refractivity contribution in [2.75, 3.05) is 13.1 Å². The molecule has 1 fully saturated rings. The Balaban J connectivity index is 0.00000380. The zero-order valence-corrected chi connectivity index (χ0v) is 20.8. The van der Waals surface area contributed by atoms with Crippen LogP contribution in [0.1, 0.15) is 55.2 Å². The van der Waals surface area contributed by atoms with Gasteiger partial charge in [0.1, 0.15) is 11.3 Å². The standard InChI is InChI=1S/C26H26FN5O4.ClH/c1-15-23(27)22(21(33)14-30-15)24(34)16-4-6-17(7-5-16)25(35)31-19-3-2-10-29-13-20(19)32-26(36)18-8-11-28-12-9-18;/h4-9,11-12,14,19-20,29,33H,2-3,10,13H2,1H3,(H,31,35)(H,32,36);1H/t19-,20-;/m1./s1. The van der Waals surface area contributed by atoms with Crippen LogP contribution in [-0.4, -0.2) is 57.8 Å². The Bertz CT molecular complexity index is 1270. The first-order valence-corrected chi connectivity index (χ1v) is 11.6. The summed E-state index contributed by atoms with van der Waals surface area (Å²) in [6, 6.07) is 8.33. The van der Waals surface area contributed by atoms with Crippen LogP contribution in [0.5, 0.6) is 5.75 Å². The molecule has 2 atom stereocenters. The van der Waals surface area contributed by atoms with Crippen molar-refractivity contribution in [3.63, 3.8) is 0 Å². The Hall–Kier alpha value is -3.89. The zero-order valence-electron chi connectivity index (χ0n) is 20.0. The molecule has 0 unspecified atom stereocenters. The number of amides is 2. The molecule has 0 saturated carbocycles. The van der Waals surface area contributed by atoms with Gasteiger partial charge >= 0.3 is 0 Å². The summed E-state index contributed by atoms with van der Waals surface area (Å²) in [5, 5.41) is 19.2. The molecule has 1 aromatic carbocycles. The smallest absolute Gasteiger partial charge is 0.251 e. The van der Waals surface area contributed by atoms with Crippen molar-refractivity contribution >= 4 is 30.0 Å². The Morgan fingerprint density at radius 2 is 1.57 bits per heavy atom. The molecule has 2 amide bonds. The molecule has 0 radical (unpaired) electrons. The monoisotopic (exact) mass is 527 g/mol. The van der Waals surface area contributed by atoms with Crippen LogP contribution in [0.4, 0.5) is 4.39 Å². The molecular weight excluding hydrogens is 501 g/mol. The van der Waals surface area contributed by atoms with Gasteiger partial charge in [-0.3, -0.25) is 24.4 Å². The minimum absolute atomic E-state index is 0. The number of aromatic nitrogens is 2. The van der Waals surface area contributed by atoms with Gasteiger partial charge in [0.2, 0.25) is 0 Å². The van der Waals surface area contributed by atoms with E-state index in [1.165, 1.54) is 31.2 Å². The first-order chi connectivity index (χ1) is 17.3. The lowest BCUT2D eigenvalue weighted by Crippen LogP contribution is -2.54. The van der Waals surface area contributed by atoms with Crippen molar-refractivity contribution in [3.8, 4) is 5.75 Å². The van der Waals surface area contributed by atoms with E-state index >= 15 is 0 Å². The number of aromatic hydroxyl groups is 1. The highest BCUT2D eigenvalue weighted by atomic mass is 35.5. The molecule has 3 heterocycles. The third kappa shape index (κ3) is 6.46. The summed E-state index contributed by atoms with van der Waals surface area (Å²) in [6.07, 6.45) is 5.59. The van der Waals surface area contributed by atoms with E-state index in [4.69, 9.17) is 0 Å². The van der Waals surface area contributed by atoms with Crippen molar-refractivity contribution in [3.05, 3.63) is 88.8 Å². The molecule has 2 aromatic heterocycles. The van der Waals surface area contributed by atoms with Gasteiger partial charge < -0.3 is 21.1 Å². The topological polar surface area (TPSA) is 133 Å². The second-order valence-electron chi connectivity index (χ2n) is 8.57. The Morgan fingerprint density at radius 3 is 2.24 bits per heavy atom. The highest BCUT2D eigenvalue weighted by Gasteiger charge is 2.27. The van der Waals surface area contributed by atoms with Gasteiger partial charge in [-0.25, -0.2) is 4.39 Å². The van der Waals surface area contributed by atoms with Gasteiger partial charge in [0.25, 0.3) is 11.8 Å². The number of nitrogens with zero attached hydrogens (tertiary/aromatic N) is 2. The van der Waals surface area contributed by atoms with Gasteiger partial charge in [-0.1, -0.05) is 12.1 Å². The lowest BCUT2D eigenvalue weighted by atomic mass is 10.00. The van der Waals surface area contributed by atoms with Crippen molar-refractivity contribution in [1.82, 2.24) is 25.9 Å². The molecular formula is C26H27ClFN5O4. The Kier molecular flexibility index (Phi) is 9.26. The van der Waals surface area contributed by atoms with Crippen molar-refractivity contribution in [2.45, 2.75) is 31.8 Å². The SMILES string of the molecule is Cc1ncc(O)c(C(=O)c2ccc(C(=O)N[C@@H]3CCCNC[C@H]3NC(=O)c3ccncc3)cc2)c1F.Cl. The number of carbonyl (C=O) groups is 3. The zero-order chi connectivity index (χ0) is 25.7. The molecule has 0 spiro atoms. The summed E-state index contributed by atoms with van der Waals surface area (Å²) in [5.74, 6) is -2.76. The molecule has 1 saturated heterocycles. The van der Waals surface area contributed by atoms with Gasteiger partial charge in [-0.05, 0) is 50.6 Å². The predicted octanol–water partition coefficient (Wildman–Crippen LogP) is 2.56. The summed E-state index contributed by atoms with van der Waals surface area (Å²) in [7, 11) is 0. The van der Waals surface area contributed by atoms with Gasteiger partial charge in [-0.2, -0.15) is 0 Å². The number of hydrogen-bond donors (Lipinski definition) is 4. The van der Waals surface area contributed by atoms with Crippen LogP contribution in [0, 0.1) is 12.7 Å². The number of ketones is 1. The van der Waals surface area contributed by atoms with Crippen molar-refractivity contribution < 1.29 is 23.9 Å². The second-order valence-corrected chi connectivity index (χ2v) is 8.57. The summed E-state index contributed by atoms with van der Waals surface area (Å²) >= 11 is 0. The minimum Gasteiger partial charge on any atom is -0.505 e. The summed E-state index contributed by atoms with van der Waals surface area (Å²) in [4.78, 5) is 46.0. The van der Waals surface area contributed by atoms with Crippen LogP contribution in [0.3, 0.4) is 0 Å². The van der Waals surface area contributed by atoms with Gasteiger partial charge in [0.05, 0.1) is 24.0 Å². The Labute approximate surface area is 219 Å². The molecule has 194 valence electrons. The number of carbonyl (C=O) groups excluding carboxylic acids is 3. The van der Waals surface area contributed by atoms with E-state index in [-0.39, 0.29) is 47.6 Å². The van der Waals surface area contributed by atoms with Crippen LogP contribution in [0.15, 0.2) is 55.0 Å². The fourth-order valence-electron chi connectivity index (χ4n) is 4.08. The van der Waals surface area contributed by atoms with E-state index in [1.54, 1.807) is 24.5 Å². The van der Waals surface area contributed by atoms with Crippen LogP contribution in [0.25, 0.3) is 0 Å². The number of pyridine rings is 2. The summed E-state index contributed by atoms with van der Waals surface area (Å²) in [6.45, 7) is 2.66. The number of hydrogen-bond acceptors (Lipinski definition) is 7. The first-order valence-electron chi connectivity index (χ1n) is 11.6. The molecule has 9 nitrogen and oxygen atoms in total. The third-order valence-corrected chi connectivity index (χ3v) is 6.10. The van der Waals surface area contributed by atoms with E-state index < -0.39 is 22.9 Å². The van der Waals surface area contributed by atoms with Gasteiger partial charge in [-0.15, -0.1) is 12.4 Å². The quantitative estimate of drug-likeness (QED) is 0.362. The van der Waals surface area contributed by atoms with Crippen LogP contribution in [0.2, 0.25) is 0 Å². The van der Waals surface area contributed by atoms with Crippen LogP contribution >= 0.6 is 12.4 Å². The average Bonchev–Trinajstić information content (AvgIpc) is 3.11. The maximum atomic E-state index is 14.4. The number of benzene rings is 1. The molecule has 4 rings (SSSR count). The maximum absolute atomic E-state index is 14.4. The van der Waals surface area contributed by atoms with E-state index in [0.29, 0.717) is 24.1 Å². The molecule has 0 aliphatic carbocycles. The largest absolute Gasteiger partial charge is 0.505 e. The summed E-state index contributed by atoms with van der Waals surface area (Å²) < 4.78 is 14.4. The summed E-state index contributed by atoms with van der Waals surface area (Å²) in [5.41, 5.74) is 0.437. The first kappa shape index (κ1) is 27.7. The second kappa shape index (κ2) is 12.4. The van der Waals surface area contributed by atoms with E-state index in [0.717, 1.165) is 19.2 Å². The predicted molar refractivity (Wildman–Crippen MR) is 137 cm³/mol. The van der Waals surface area contributed by atoms with E-state index in [9.17, 15) is 23.9 Å². The molecule has 3 aromatic rings. The Morgan fingerprint density at radius 1 is 0.973 bits per heavy atom. The van der Waals surface area contributed by atoms with Crippen molar-refractivity contribution in [1.29, 1.82) is 0 Å². The number of rotatable bonds is 6. The molecule has 4 N–H and O–H groups in total. The number of halogens is 2. The molecule has 1 aliphatic rings. The minimum atomic E-state index is -0.886. The lowest BCUT2D eigenvalue weighted by Gasteiger charge is -2.27. The molecule has 37 heavy (non-hydrogen) atoms. The highest BCUT2D eigenvalue weighted by molar-refractivity contribution is 6.11. The average molecular weight is 528 g/mol. The van der Waals surface area contributed by atoms with Crippen molar-refractivity contribution in [2.24, 2.45) is 0 Å². The molecule has 1 aliphatic heterocycles. The highest BCUT2D eigenvalue weighted by Crippen LogP contribution is 2.24. The van der Waals surface area contributed by atoms with Gasteiger partial charge in [0.15, 0.2) is 11.6 Å². The molecule has 0 bridgehead atoms. The van der Waals surface area contributed by atoms with Crippen LogP contribution < -0.4 is 16.0 Å². The number of nitrogens with one attached hydrogen (secondary N) is 3. The number of aryl methyl sites for hydroxylation is 1. The third-order valence-electron chi connectivity index (χ3n) is 6.10. The molecule has 11 heteroatoms.